The zero-order valence-electron chi connectivity index (χ0n) is 5.55. The average molecular weight is 393 g/mol. The van der Waals surface area contributed by atoms with Gasteiger partial charge in [0.1, 0.15) is 0 Å². The summed E-state index contributed by atoms with van der Waals surface area (Å²) in [7, 11) is 0. The van der Waals surface area contributed by atoms with E-state index in [1.807, 2.05) is 45.2 Å². The first kappa shape index (κ1) is 10.1. The van der Waals surface area contributed by atoms with Gasteiger partial charge in [-0.15, -0.1) is 0 Å². The van der Waals surface area contributed by atoms with Gasteiger partial charge in [0.05, 0.1) is 4.92 Å². The number of hydrogen-bond donors (Lipinski definition) is 0. The Balaban J connectivity index is 3.33. The lowest BCUT2D eigenvalue weighted by atomic mass is 10.3. The maximum Gasteiger partial charge on any atom is 0.305 e. The Morgan fingerprint density at radius 1 is 1.33 bits per heavy atom. The van der Waals surface area contributed by atoms with Crippen molar-refractivity contribution in [1.82, 2.24) is 0 Å². The highest BCUT2D eigenvalue weighted by molar-refractivity contribution is 14.1. The largest absolute Gasteiger partial charge is 0.305 e. The van der Waals surface area contributed by atoms with Crippen LogP contribution >= 0.6 is 45.2 Å². The lowest BCUT2D eigenvalue weighted by Gasteiger charge is -1.97. The molecule has 0 atom stereocenters. The Kier molecular flexibility index (Phi) is 3.21. The van der Waals surface area contributed by atoms with Gasteiger partial charge in [0.25, 0.3) is 0 Å². The molecule has 0 heterocycles. The van der Waals surface area contributed by atoms with E-state index in [4.69, 9.17) is 0 Å². The van der Waals surface area contributed by atoms with Crippen LogP contribution in [0.5, 0.6) is 0 Å². The second kappa shape index (κ2) is 3.81. The molecule has 1 aromatic rings. The minimum Gasteiger partial charge on any atom is -0.258 e. The minimum absolute atomic E-state index is 0.472. The number of nitrogens with zero attached hydrogens (tertiary/aromatic N) is 1. The van der Waals surface area contributed by atoms with E-state index in [2.05, 4.69) is 0 Å². The summed E-state index contributed by atoms with van der Waals surface area (Å²) >= 11 is 3.84. The third kappa shape index (κ3) is 2.03. The van der Waals surface area contributed by atoms with Crippen molar-refractivity contribution < 1.29 is 9.31 Å². The summed E-state index contributed by atoms with van der Waals surface area (Å²) < 4.78 is 14.2. The van der Waals surface area contributed by atoms with Crippen LogP contribution in [0.1, 0.15) is 0 Å². The summed E-state index contributed by atoms with van der Waals surface area (Å²) in [5.74, 6) is -0.787. The molecule has 0 N–H and O–H groups in total. The first-order valence-electron chi connectivity index (χ1n) is 2.81. The molecule has 1 aromatic carbocycles. The summed E-state index contributed by atoms with van der Waals surface area (Å²) in [5.41, 5.74) is -0.472. The van der Waals surface area contributed by atoms with Crippen LogP contribution in [0.25, 0.3) is 0 Å². The lowest BCUT2D eigenvalue weighted by Crippen LogP contribution is -1.94. The van der Waals surface area contributed by atoms with Gasteiger partial charge in [0.2, 0.25) is 5.82 Å². The molecule has 0 aliphatic heterocycles. The van der Waals surface area contributed by atoms with Crippen molar-refractivity contribution in [2.75, 3.05) is 0 Å². The van der Waals surface area contributed by atoms with E-state index in [9.17, 15) is 14.5 Å². The SMILES string of the molecule is O=[N+]([O-])c1cc(I)c(I)cc1F. The van der Waals surface area contributed by atoms with Crippen molar-refractivity contribution in [2.45, 2.75) is 0 Å². The molecule has 1 rings (SSSR count). The summed E-state index contributed by atoms with van der Waals surface area (Å²) in [4.78, 5) is 9.52. The Labute approximate surface area is 94.8 Å². The number of benzene rings is 1. The molecule has 0 radical (unpaired) electrons. The third-order valence-electron chi connectivity index (χ3n) is 1.19. The molecule has 0 aliphatic rings. The predicted octanol–water partition coefficient (Wildman–Crippen LogP) is 2.94. The third-order valence-corrected chi connectivity index (χ3v) is 4.00. The molecule has 0 saturated heterocycles. The van der Waals surface area contributed by atoms with Crippen LogP contribution in [-0.2, 0) is 0 Å². The number of hydrogen-bond acceptors (Lipinski definition) is 2. The second-order valence-electron chi connectivity index (χ2n) is 1.97. The van der Waals surface area contributed by atoms with Gasteiger partial charge in [-0.3, -0.25) is 10.1 Å². The van der Waals surface area contributed by atoms with Crippen LogP contribution < -0.4 is 0 Å². The van der Waals surface area contributed by atoms with Gasteiger partial charge in [-0.25, -0.2) is 0 Å². The van der Waals surface area contributed by atoms with Crippen LogP contribution in [0.3, 0.4) is 0 Å². The Hall–Kier alpha value is 0.01000. The molecular weight excluding hydrogens is 391 g/mol. The molecule has 0 spiro atoms. The van der Waals surface area contributed by atoms with Crippen molar-refractivity contribution in [3.63, 3.8) is 0 Å². The van der Waals surface area contributed by atoms with Crippen LogP contribution in [0.2, 0.25) is 0 Å². The van der Waals surface area contributed by atoms with Gasteiger partial charge in [-0.05, 0) is 51.2 Å². The fraction of sp³-hybridized carbons (Fsp3) is 0. The minimum atomic E-state index is -0.787. The summed E-state index contributed by atoms with van der Waals surface area (Å²) in [6, 6.07) is 2.37. The first-order chi connectivity index (χ1) is 5.52. The van der Waals surface area contributed by atoms with E-state index in [-0.39, 0.29) is 0 Å². The Bertz CT molecular complexity index is 343. The normalized spacial score (nSPS) is 9.92. The van der Waals surface area contributed by atoms with Crippen LogP contribution in [0.4, 0.5) is 10.1 Å². The van der Waals surface area contributed by atoms with Crippen molar-refractivity contribution in [1.29, 1.82) is 0 Å². The van der Waals surface area contributed by atoms with E-state index in [1.165, 1.54) is 6.07 Å². The molecule has 12 heavy (non-hydrogen) atoms. The number of nitro groups is 1. The zero-order valence-corrected chi connectivity index (χ0v) is 9.87. The summed E-state index contributed by atoms with van der Waals surface area (Å²) in [6.07, 6.45) is 0. The van der Waals surface area contributed by atoms with Crippen LogP contribution in [-0.4, -0.2) is 4.92 Å². The molecule has 0 fully saturated rings. The topological polar surface area (TPSA) is 43.1 Å². The van der Waals surface area contributed by atoms with E-state index in [0.29, 0.717) is 7.14 Å². The van der Waals surface area contributed by atoms with Gasteiger partial charge in [0.15, 0.2) is 0 Å². The Morgan fingerprint density at radius 3 is 2.33 bits per heavy atom. The molecule has 0 unspecified atom stereocenters. The monoisotopic (exact) mass is 393 g/mol. The highest BCUT2D eigenvalue weighted by Crippen LogP contribution is 2.24. The summed E-state index contributed by atoms with van der Waals surface area (Å²) in [5, 5.41) is 10.2. The maximum atomic E-state index is 12.8. The highest BCUT2D eigenvalue weighted by Gasteiger charge is 2.15. The molecule has 0 aliphatic carbocycles. The van der Waals surface area contributed by atoms with Crippen molar-refractivity contribution in [3.8, 4) is 0 Å². The standard InChI is InChI=1S/C6H2FI2NO2/c7-3-1-4(8)5(9)2-6(3)10(11)12/h1-2H. The number of halogens is 3. The van der Waals surface area contributed by atoms with E-state index >= 15 is 0 Å². The smallest absolute Gasteiger partial charge is 0.258 e. The van der Waals surface area contributed by atoms with Crippen molar-refractivity contribution >= 4 is 50.9 Å². The fourth-order valence-corrected chi connectivity index (χ4v) is 1.53. The second-order valence-corrected chi connectivity index (χ2v) is 4.30. The zero-order chi connectivity index (χ0) is 9.30. The Morgan fingerprint density at radius 2 is 1.83 bits per heavy atom. The van der Waals surface area contributed by atoms with Crippen molar-refractivity contribution in [2.24, 2.45) is 0 Å². The van der Waals surface area contributed by atoms with Crippen LogP contribution in [0.15, 0.2) is 12.1 Å². The van der Waals surface area contributed by atoms with Gasteiger partial charge < -0.3 is 0 Å². The first-order valence-corrected chi connectivity index (χ1v) is 4.97. The molecule has 0 bridgehead atoms. The highest BCUT2D eigenvalue weighted by atomic mass is 127. The average Bonchev–Trinajstić information content (AvgIpc) is 1.96. The van der Waals surface area contributed by atoms with Gasteiger partial charge in [-0.2, -0.15) is 4.39 Å². The fourth-order valence-electron chi connectivity index (χ4n) is 0.652. The molecule has 0 amide bonds. The predicted molar refractivity (Wildman–Crippen MR) is 58.5 cm³/mol. The van der Waals surface area contributed by atoms with E-state index in [1.54, 1.807) is 0 Å². The van der Waals surface area contributed by atoms with E-state index in [0.717, 1.165) is 6.07 Å². The number of rotatable bonds is 1. The maximum absolute atomic E-state index is 12.8. The number of nitro benzene ring substituents is 1. The van der Waals surface area contributed by atoms with Gasteiger partial charge in [-0.1, -0.05) is 0 Å². The molecular formula is C6H2FI2NO2. The molecule has 64 valence electrons. The van der Waals surface area contributed by atoms with Crippen molar-refractivity contribution in [3.05, 3.63) is 35.2 Å². The summed E-state index contributed by atoms with van der Waals surface area (Å²) in [6.45, 7) is 0. The lowest BCUT2D eigenvalue weighted by molar-refractivity contribution is -0.387. The molecule has 0 saturated carbocycles. The van der Waals surface area contributed by atoms with Gasteiger partial charge in [0, 0.05) is 13.2 Å². The van der Waals surface area contributed by atoms with E-state index < -0.39 is 16.4 Å². The van der Waals surface area contributed by atoms with Gasteiger partial charge >= 0.3 is 5.69 Å². The molecule has 3 nitrogen and oxygen atoms in total. The molecule has 0 aromatic heterocycles. The quantitative estimate of drug-likeness (QED) is 0.319. The molecule has 6 heteroatoms. The van der Waals surface area contributed by atoms with Crippen LogP contribution in [0, 0.1) is 23.1 Å².